The van der Waals surface area contributed by atoms with Gasteiger partial charge in [0.25, 0.3) is 0 Å². The molecule has 1 aromatic rings. The van der Waals surface area contributed by atoms with E-state index in [1.165, 1.54) is 24.6 Å². The topological polar surface area (TPSA) is 55.6 Å². The molecule has 2 atom stereocenters. The number of benzene rings is 1. The van der Waals surface area contributed by atoms with Crippen LogP contribution in [0.1, 0.15) is 37.7 Å². The number of nitrogens with two attached hydrogens (primary N) is 1. The molecule has 0 saturated heterocycles. The number of nitrogens with zero attached hydrogens (tertiary/aromatic N) is 1. The number of halogens is 3. The van der Waals surface area contributed by atoms with Crippen LogP contribution in [0.2, 0.25) is 0 Å². The molecule has 2 saturated carbocycles. The highest BCUT2D eigenvalue weighted by molar-refractivity contribution is 5.78. The molecule has 144 valence electrons. The van der Waals surface area contributed by atoms with Crippen molar-refractivity contribution < 1.29 is 22.7 Å². The van der Waals surface area contributed by atoms with Crippen molar-refractivity contribution in [2.45, 2.75) is 51.1 Å². The number of hydrogen-bond donors (Lipinski definition) is 1. The van der Waals surface area contributed by atoms with Crippen molar-refractivity contribution in [3.8, 4) is 5.75 Å². The first-order chi connectivity index (χ1) is 12.2. The summed E-state index contributed by atoms with van der Waals surface area (Å²) in [6.07, 6.45) is 0.269. The van der Waals surface area contributed by atoms with Gasteiger partial charge in [-0.3, -0.25) is 4.79 Å². The van der Waals surface area contributed by atoms with Gasteiger partial charge in [0.05, 0.1) is 0 Å². The van der Waals surface area contributed by atoms with Crippen LogP contribution in [0.25, 0.3) is 0 Å². The average Bonchev–Trinajstić information content (AvgIpc) is 2.52. The summed E-state index contributed by atoms with van der Waals surface area (Å²) >= 11 is 0. The highest BCUT2D eigenvalue weighted by Gasteiger charge is 2.41. The van der Waals surface area contributed by atoms with Gasteiger partial charge in [0.15, 0.2) is 0 Å². The first kappa shape index (κ1) is 19.0. The molecule has 0 aromatic heterocycles. The third-order valence-electron chi connectivity index (χ3n) is 5.69. The molecule has 1 amide bonds. The summed E-state index contributed by atoms with van der Waals surface area (Å²) in [6.45, 7) is 0.256. The third-order valence-corrected chi connectivity index (χ3v) is 5.69. The normalized spacial score (nSPS) is 28.5. The predicted octanol–water partition coefficient (Wildman–Crippen LogP) is 3.70. The Morgan fingerprint density at radius 3 is 2.54 bits per heavy atom. The van der Waals surface area contributed by atoms with E-state index in [0.717, 1.165) is 25.7 Å². The lowest BCUT2D eigenvalue weighted by atomic mass is 9.65. The van der Waals surface area contributed by atoms with E-state index in [1.54, 1.807) is 18.0 Å². The fourth-order valence-corrected chi connectivity index (χ4v) is 4.50. The molecular weight excluding hydrogens is 345 g/mol. The monoisotopic (exact) mass is 370 g/mol. The number of amides is 1. The van der Waals surface area contributed by atoms with Gasteiger partial charge in [0, 0.05) is 25.6 Å². The fourth-order valence-electron chi connectivity index (χ4n) is 4.50. The first-order valence-corrected chi connectivity index (χ1v) is 9.08. The molecule has 2 N–H and O–H groups in total. The third kappa shape index (κ3) is 4.50. The number of carbonyl (C=O) groups is 1. The molecule has 0 spiro atoms. The van der Waals surface area contributed by atoms with Crippen LogP contribution in [-0.2, 0) is 11.3 Å². The van der Waals surface area contributed by atoms with Crippen LogP contribution in [0, 0.1) is 17.8 Å². The second kappa shape index (κ2) is 7.47. The minimum Gasteiger partial charge on any atom is -0.406 e. The Bertz CT molecular complexity index is 636. The van der Waals surface area contributed by atoms with Crippen LogP contribution >= 0.6 is 0 Å². The molecule has 0 aliphatic heterocycles. The lowest BCUT2D eigenvalue weighted by Crippen LogP contribution is -2.49. The number of ether oxygens (including phenoxy) is 1. The maximum absolute atomic E-state index is 12.8. The van der Waals surface area contributed by atoms with E-state index in [4.69, 9.17) is 5.73 Å². The fraction of sp³-hybridized carbons (Fsp3) is 0.632. The summed E-state index contributed by atoms with van der Waals surface area (Å²) in [5.41, 5.74) is 6.89. The van der Waals surface area contributed by atoms with Gasteiger partial charge in [-0.25, -0.2) is 0 Å². The molecule has 0 radical (unpaired) electrons. The Kier molecular flexibility index (Phi) is 5.46. The molecule has 2 bridgehead atoms. The lowest BCUT2D eigenvalue weighted by molar-refractivity contribution is -0.274. The number of hydrogen-bond acceptors (Lipinski definition) is 3. The Labute approximate surface area is 151 Å². The standard InChI is InChI=1S/C19H25F3N2O2/c1-24(11-12-4-2-7-16(8-12)26-19(20,21)22)18(25)15-9-13-5-3-6-14(10-15)17(13)23/h2,4,7-8,13-15,17H,3,5-6,9-11,23H2,1H3. The summed E-state index contributed by atoms with van der Waals surface area (Å²) < 4.78 is 41.0. The molecule has 2 aliphatic rings. The van der Waals surface area contributed by atoms with E-state index in [1.807, 2.05) is 0 Å². The smallest absolute Gasteiger partial charge is 0.406 e. The Morgan fingerprint density at radius 1 is 1.27 bits per heavy atom. The van der Waals surface area contributed by atoms with E-state index in [0.29, 0.717) is 17.4 Å². The van der Waals surface area contributed by atoms with Gasteiger partial charge in [-0.05, 0) is 55.2 Å². The van der Waals surface area contributed by atoms with Crippen molar-refractivity contribution in [3.05, 3.63) is 29.8 Å². The van der Waals surface area contributed by atoms with Gasteiger partial charge >= 0.3 is 6.36 Å². The zero-order valence-corrected chi connectivity index (χ0v) is 14.8. The van der Waals surface area contributed by atoms with E-state index in [9.17, 15) is 18.0 Å². The van der Waals surface area contributed by atoms with Gasteiger partial charge in [0.1, 0.15) is 5.75 Å². The van der Waals surface area contributed by atoms with Crippen molar-refractivity contribution in [1.82, 2.24) is 4.90 Å². The highest BCUT2D eigenvalue weighted by atomic mass is 19.4. The number of carbonyl (C=O) groups excluding carboxylic acids is 1. The molecule has 1 aromatic carbocycles. The second-order valence-electron chi connectivity index (χ2n) is 7.59. The van der Waals surface area contributed by atoms with E-state index < -0.39 is 6.36 Å². The summed E-state index contributed by atoms with van der Waals surface area (Å²) in [6, 6.07) is 5.97. The molecule has 4 nitrogen and oxygen atoms in total. The SMILES string of the molecule is CN(Cc1cccc(OC(F)(F)F)c1)C(=O)C1CC2CCCC(C1)C2N. The van der Waals surface area contributed by atoms with Gasteiger partial charge in [-0.15, -0.1) is 13.2 Å². The van der Waals surface area contributed by atoms with Crippen LogP contribution in [0.15, 0.2) is 24.3 Å². The zero-order valence-electron chi connectivity index (χ0n) is 14.8. The van der Waals surface area contributed by atoms with Gasteiger partial charge in [-0.1, -0.05) is 18.6 Å². The van der Waals surface area contributed by atoms with Gasteiger partial charge in [-0.2, -0.15) is 0 Å². The zero-order chi connectivity index (χ0) is 18.9. The van der Waals surface area contributed by atoms with E-state index in [2.05, 4.69) is 4.74 Å². The lowest BCUT2D eigenvalue weighted by Gasteiger charge is -2.44. The molecule has 7 heteroatoms. The van der Waals surface area contributed by atoms with Gasteiger partial charge in [0.2, 0.25) is 5.91 Å². The quantitative estimate of drug-likeness (QED) is 0.879. The molecule has 2 fully saturated rings. The predicted molar refractivity (Wildman–Crippen MR) is 91.1 cm³/mol. The molecule has 2 aliphatic carbocycles. The molecular formula is C19H25F3N2O2. The number of rotatable bonds is 4. The second-order valence-corrected chi connectivity index (χ2v) is 7.59. The minimum absolute atomic E-state index is 0.0373. The van der Waals surface area contributed by atoms with Crippen molar-refractivity contribution in [1.29, 1.82) is 0 Å². The largest absolute Gasteiger partial charge is 0.573 e. The highest BCUT2D eigenvalue weighted by Crippen LogP contribution is 2.42. The molecule has 0 heterocycles. The van der Waals surface area contributed by atoms with Crippen LogP contribution in [-0.4, -0.2) is 30.3 Å². The Balaban J connectivity index is 1.62. The van der Waals surface area contributed by atoms with Crippen molar-refractivity contribution in [2.24, 2.45) is 23.5 Å². The average molecular weight is 370 g/mol. The summed E-state index contributed by atoms with van der Waals surface area (Å²) in [4.78, 5) is 14.4. The molecule has 2 unspecified atom stereocenters. The van der Waals surface area contributed by atoms with E-state index in [-0.39, 0.29) is 30.2 Å². The summed E-state index contributed by atoms with van der Waals surface area (Å²) in [5, 5.41) is 0. The number of alkyl halides is 3. The van der Waals surface area contributed by atoms with Gasteiger partial charge < -0.3 is 15.4 Å². The van der Waals surface area contributed by atoms with Crippen molar-refractivity contribution >= 4 is 5.91 Å². The Morgan fingerprint density at radius 2 is 1.92 bits per heavy atom. The maximum Gasteiger partial charge on any atom is 0.573 e. The Hall–Kier alpha value is -1.76. The first-order valence-electron chi connectivity index (χ1n) is 9.08. The van der Waals surface area contributed by atoms with E-state index >= 15 is 0 Å². The minimum atomic E-state index is -4.72. The van der Waals surface area contributed by atoms with Crippen molar-refractivity contribution in [2.75, 3.05) is 7.05 Å². The van der Waals surface area contributed by atoms with Crippen LogP contribution in [0.5, 0.6) is 5.75 Å². The van der Waals surface area contributed by atoms with Crippen LogP contribution in [0.3, 0.4) is 0 Å². The number of fused-ring (bicyclic) bond motifs is 2. The maximum atomic E-state index is 12.8. The van der Waals surface area contributed by atoms with Crippen LogP contribution < -0.4 is 10.5 Å². The summed E-state index contributed by atoms with van der Waals surface area (Å²) in [5.74, 6) is 0.566. The summed E-state index contributed by atoms with van der Waals surface area (Å²) in [7, 11) is 1.70. The van der Waals surface area contributed by atoms with Crippen molar-refractivity contribution in [3.63, 3.8) is 0 Å². The van der Waals surface area contributed by atoms with Crippen LogP contribution in [0.4, 0.5) is 13.2 Å². The molecule has 3 rings (SSSR count). The molecule has 26 heavy (non-hydrogen) atoms.